The number of ether oxygens (including phenoxy) is 1. The molecule has 1 fully saturated rings. The SMILES string of the molecule is C[C@H](N)C(=O)N(C)CCOCC1CC1.Cl. The van der Waals surface area contributed by atoms with Crippen molar-refractivity contribution >= 4 is 18.3 Å². The number of amides is 1. The van der Waals surface area contributed by atoms with E-state index < -0.39 is 6.04 Å². The number of likely N-dealkylation sites (N-methyl/N-ethyl adjacent to an activating group) is 1. The van der Waals surface area contributed by atoms with Crippen molar-refractivity contribution < 1.29 is 9.53 Å². The first kappa shape index (κ1) is 14.7. The molecule has 15 heavy (non-hydrogen) atoms. The summed E-state index contributed by atoms with van der Waals surface area (Å²) in [6, 6.07) is -0.413. The molecule has 0 aromatic rings. The van der Waals surface area contributed by atoms with E-state index in [4.69, 9.17) is 10.5 Å². The zero-order valence-electron chi connectivity index (χ0n) is 9.44. The van der Waals surface area contributed by atoms with Crippen molar-refractivity contribution in [1.82, 2.24) is 4.90 Å². The summed E-state index contributed by atoms with van der Waals surface area (Å²) in [4.78, 5) is 13.0. The molecule has 1 aliphatic carbocycles. The predicted molar refractivity (Wildman–Crippen MR) is 62.1 cm³/mol. The summed E-state index contributed by atoms with van der Waals surface area (Å²) >= 11 is 0. The minimum atomic E-state index is -0.413. The van der Waals surface area contributed by atoms with Gasteiger partial charge >= 0.3 is 0 Å². The minimum Gasteiger partial charge on any atom is -0.379 e. The Bertz CT molecular complexity index is 196. The average Bonchev–Trinajstić information content (AvgIpc) is 2.94. The number of rotatable bonds is 6. The molecule has 4 nitrogen and oxygen atoms in total. The van der Waals surface area contributed by atoms with E-state index in [0.29, 0.717) is 13.2 Å². The molecule has 0 aromatic heterocycles. The van der Waals surface area contributed by atoms with E-state index in [1.54, 1.807) is 18.9 Å². The van der Waals surface area contributed by atoms with Gasteiger partial charge in [0.25, 0.3) is 0 Å². The highest BCUT2D eigenvalue weighted by atomic mass is 35.5. The Kier molecular flexibility index (Phi) is 6.89. The molecule has 1 atom stereocenters. The molecule has 0 radical (unpaired) electrons. The first-order valence-electron chi connectivity index (χ1n) is 5.19. The van der Waals surface area contributed by atoms with Crippen molar-refractivity contribution in [2.45, 2.75) is 25.8 Å². The van der Waals surface area contributed by atoms with Crippen molar-refractivity contribution in [2.24, 2.45) is 11.7 Å². The van der Waals surface area contributed by atoms with Crippen molar-refractivity contribution in [1.29, 1.82) is 0 Å². The molecule has 1 aliphatic rings. The van der Waals surface area contributed by atoms with Gasteiger partial charge in [-0.05, 0) is 25.7 Å². The van der Waals surface area contributed by atoms with E-state index in [1.165, 1.54) is 12.8 Å². The largest absolute Gasteiger partial charge is 0.379 e. The van der Waals surface area contributed by atoms with Crippen molar-refractivity contribution in [3.05, 3.63) is 0 Å². The topological polar surface area (TPSA) is 55.6 Å². The average molecular weight is 237 g/mol. The second kappa shape index (κ2) is 7.04. The molecule has 5 heteroatoms. The fourth-order valence-electron chi connectivity index (χ4n) is 1.19. The fraction of sp³-hybridized carbons (Fsp3) is 0.900. The Hall–Kier alpha value is -0.320. The molecule has 0 saturated heterocycles. The summed E-state index contributed by atoms with van der Waals surface area (Å²) in [5, 5.41) is 0. The molecule has 0 bridgehead atoms. The van der Waals surface area contributed by atoms with Gasteiger partial charge in [0.15, 0.2) is 0 Å². The Morgan fingerprint density at radius 2 is 2.20 bits per heavy atom. The molecule has 1 saturated carbocycles. The number of carbonyl (C=O) groups is 1. The van der Waals surface area contributed by atoms with Gasteiger partial charge in [-0.2, -0.15) is 0 Å². The number of nitrogens with zero attached hydrogens (tertiary/aromatic N) is 1. The van der Waals surface area contributed by atoms with Crippen LogP contribution < -0.4 is 5.73 Å². The standard InChI is InChI=1S/C10H20N2O2.ClH/c1-8(11)10(13)12(2)5-6-14-7-9-3-4-9;/h8-9H,3-7,11H2,1-2H3;1H/t8-;/m0./s1. The summed E-state index contributed by atoms with van der Waals surface area (Å²) in [5.41, 5.74) is 5.47. The third kappa shape index (κ3) is 5.97. The molecule has 2 N–H and O–H groups in total. The smallest absolute Gasteiger partial charge is 0.239 e. The van der Waals surface area contributed by atoms with Gasteiger partial charge in [0.05, 0.1) is 12.6 Å². The molecular weight excluding hydrogens is 216 g/mol. The van der Waals surface area contributed by atoms with Crippen molar-refractivity contribution in [2.75, 3.05) is 26.8 Å². The number of hydrogen-bond acceptors (Lipinski definition) is 3. The third-order valence-electron chi connectivity index (χ3n) is 2.39. The Balaban J connectivity index is 0.00000196. The Morgan fingerprint density at radius 3 is 2.67 bits per heavy atom. The van der Waals surface area contributed by atoms with Gasteiger partial charge in [-0.25, -0.2) is 0 Å². The van der Waals surface area contributed by atoms with E-state index in [2.05, 4.69) is 0 Å². The third-order valence-corrected chi connectivity index (χ3v) is 2.39. The summed E-state index contributed by atoms with van der Waals surface area (Å²) in [5.74, 6) is 0.754. The molecule has 0 aliphatic heterocycles. The highest BCUT2D eigenvalue weighted by molar-refractivity contribution is 5.85. The van der Waals surface area contributed by atoms with Crippen LogP contribution in [0.3, 0.4) is 0 Å². The molecule has 1 amide bonds. The van der Waals surface area contributed by atoms with E-state index in [9.17, 15) is 4.79 Å². The van der Waals surface area contributed by atoms with Crippen molar-refractivity contribution in [3.63, 3.8) is 0 Å². The summed E-state index contributed by atoms with van der Waals surface area (Å²) < 4.78 is 5.42. The van der Waals surface area contributed by atoms with Crippen LogP contribution in [0.2, 0.25) is 0 Å². The van der Waals surface area contributed by atoms with Crippen molar-refractivity contribution in [3.8, 4) is 0 Å². The van der Waals surface area contributed by atoms with Gasteiger partial charge in [0, 0.05) is 20.2 Å². The van der Waals surface area contributed by atoms with Crippen LogP contribution in [0.4, 0.5) is 0 Å². The quantitative estimate of drug-likeness (QED) is 0.689. The lowest BCUT2D eigenvalue weighted by atomic mass is 10.3. The van der Waals surface area contributed by atoms with Gasteiger partial charge in [-0.3, -0.25) is 4.79 Å². The van der Waals surface area contributed by atoms with E-state index in [-0.39, 0.29) is 18.3 Å². The molecular formula is C10H21ClN2O2. The molecule has 90 valence electrons. The van der Waals surface area contributed by atoms with Crippen LogP contribution in [0, 0.1) is 5.92 Å². The molecule has 0 spiro atoms. The minimum absolute atomic E-state index is 0. The maximum Gasteiger partial charge on any atom is 0.239 e. The highest BCUT2D eigenvalue weighted by Crippen LogP contribution is 2.28. The zero-order valence-corrected chi connectivity index (χ0v) is 10.3. The zero-order chi connectivity index (χ0) is 10.6. The maximum atomic E-state index is 11.3. The van der Waals surface area contributed by atoms with Crippen LogP contribution >= 0.6 is 12.4 Å². The van der Waals surface area contributed by atoms with Crippen LogP contribution in [0.1, 0.15) is 19.8 Å². The lowest BCUT2D eigenvalue weighted by molar-refractivity contribution is -0.131. The van der Waals surface area contributed by atoms with Crippen LogP contribution in [-0.2, 0) is 9.53 Å². The van der Waals surface area contributed by atoms with Gasteiger partial charge < -0.3 is 15.4 Å². The van der Waals surface area contributed by atoms with Crippen LogP contribution in [0.5, 0.6) is 0 Å². The lowest BCUT2D eigenvalue weighted by Gasteiger charge is -2.18. The monoisotopic (exact) mass is 236 g/mol. The van der Waals surface area contributed by atoms with E-state index in [1.807, 2.05) is 0 Å². The lowest BCUT2D eigenvalue weighted by Crippen LogP contribution is -2.41. The predicted octanol–water partition coefficient (Wildman–Crippen LogP) is 0.640. The number of carbonyl (C=O) groups excluding carboxylic acids is 1. The second-order valence-electron chi connectivity index (χ2n) is 4.07. The van der Waals surface area contributed by atoms with Crippen LogP contribution in [0.15, 0.2) is 0 Å². The van der Waals surface area contributed by atoms with E-state index in [0.717, 1.165) is 12.5 Å². The highest BCUT2D eigenvalue weighted by Gasteiger charge is 2.21. The fourth-order valence-corrected chi connectivity index (χ4v) is 1.19. The second-order valence-corrected chi connectivity index (χ2v) is 4.07. The van der Waals surface area contributed by atoms with Gasteiger partial charge in [0.1, 0.15) is 0 Å². The van der Waals surface area contributed by atoms with Gasteiger partial charge in [-0.15, -0.1) is 12.4 Å². The van der Waals surface area contributed by atoms with Gasteiger partial charge in [-0.1, -0.05) is 0 Å². The summed E-state index contributed by atoms with van der Waals surface area (Å²) in [6.45, 7) is 3.79. The molecule has 0 heterocycles. The first-order chi connectivity index (χ1) is 6.61. The maximum absolute atomic E-state index is 11.3. The van der Waals surface area contributed by atoms with Crippen LogP contribution in [-0.4, -0.2) is 43.7 Å². The molecule has 0 unspecified atom stereocenters. The summed E-state index contributed by atoms with van der Waals surface area (Å²) in [7, 11) is 1.76. The summed E-state index contributed by atoms with van der Waals surface area (Å²) in [6.07, 6.45) is 2.60. The van der Waals surface area contributed by atoms with Gasteiger partial charge in [0.2, 0.25) is 5.91 Å². The van der Waals surface area contributed by atoms with E-state index >= 15 is 0 Å². The number of halogens is 1. The molecule has 1 rings (SSSR count). The number of hydrogen-bond donors (Lipinski definition) is 1. The first-order valence-corrected chi connectivity index (χ1v) is 5.19. The number of nitrogens with two attached hydrogens (primary N) is 1. The Labute approximate surface area is 97.5 Å². The normalized spacial score (nSPS) is 16.7. The molecule has 0 aromatic carbocycles. The van der Waals surface area contributed by atoms with Crippen LogP contribution in [0.25, 0.3) is 0 Å². The Morgan fingerprint density at radius 1 is 1.60 bits per heavy atom.